The predicted octanol–water partition coefficient (Wildman–Crippen LogP) is 2.25. The molecule has 0 aliphatic heterocycles. The van der Waals surface area contributed by atoms with Gasteiger partial charge in [-0.3, -0.25) is 4.79 Å². The normalized spacial score (nSPS) is 22.8. The molecule has 21 heavy (non-hydrogen) atoms. The smallest absolute Gasteiger partial charge is 0.250 e. The molecule has 2 aromatic rings. The maximum Gasteiger partial charge on any atom is 0.250 e. The zero-order chi connectivity index (χ0) is 15.0. The van der Waals surface area contributed by atoms with Crippen LogP contribution in [0.2, 0.25) is 0 Å². The Morgan fingerprint density at radius 3 is 2.90 bits per heavy atom. The lowest BCUT2D eigenvalue weighted by Crippen LogP contribution is -2.32. The van der Waals surface area contributed by atoms with Crippen LogP contribution < -0.4 is 5.73 Å². The zero-order valence-electron chi connectivity index (χ0n) is 12.6. The summed E-state index contributed by atoms with van der Waals surface area (Å²) in [6, 6.07) is 6.13. The summed E-state index contributed by atoms with van der Waals surface area (Å²) in [5, 5.41) is 0. The molecule has 0 saturated heterocycles. The average molecular weight is 286 g/mol. The van der Waals surface area contributed by atoms with Gasteiger partial charge in [0.1, 0.15) is 11.3 Å². The fourth-order valence-corrected chi connectivity index (χ4v) is 3.32. The van der Waals surface area contributed by atoms with Crippen molar-refractivity contribution in [1.29, 1.82) is 0 Å². The molecule has 3 N–H and O–H groups in total. The highest BCUT2D eigenvalue weighted by molar-refractivity contribution is 6.04. The van der Waals surface area contributed by atoms with Gasteiger partial charge in [0.15, 0.2) is 0 Å². The molecule has 0 spiro atoms. The lowest BCUT2D eigenvalue weighted by atomic mass is 9.85. The fourth-order valence-electron chi connectivity index (χ4n) is 3.32. The maximum atomic E-state index is 11.5. The monoisotopic (exact) mass is 286 g/mol. The zero-order valence-corrected chi connectivity index (χ0v) is 12.6. The Balaban J connectivity index is 1.94. The van der Waals surface area contributed by atoms with E-state index in [9.17, 15) is 4.79 Å². The SMILES string of the molecule is CN(C)C1CCCC(c2nc3c(C(N)=O)cccc3[nH]2)C1. The van der Waals surface area contributed by atoms with Crippen LogP contribution in [-0.4, -0.2) is 40.9 Å². The van der Waals surface area contributed by atoms with Gasteiger partial charge in [0.2, 0.25) is 0 Å². The summed E-state index contributed by atoms with van der Waals surface area (Å²) in [4.78, 5) is 21.9. The Bertz CT molecular complexity index is 661. The van der Waals surface area contributed by atoms with E-state index in [-0.39, 0.29) is 0 Å². The van der Waals surface area contributed by atoms with E-state index in [0.717, 1.165) is 24.2 Å². The second-order valence-electron chi connectivity index (χ2n) is 6.17. The molecule has 3 rings (SSSR count). The quantitative estimate of drug-likeness (QED) is 0.908. The standard InChI is InChI=1S/C16H22N4O/c1-20(2)11-6-3-5-10(9-11)16-18-13-8-4-7-12(15(17)21)14(13)19-16/h4,7-8,10-11H,3,5-6,9H2,1-2H3,(H2,17,21)(H,18,19). The number of nitrogens with two attached hydrogens (primary N) is 1. The maximum absolute atomic E-state index is 11.5. The predicted molar refractivity (Wildman–Crippen MR) is 83.3 cm³/mol. The van der Waals surface area contributed by atoms with Crippen LogP contribution in [0.3, 0.4) is 0 Å². The molecule has 1 saturated carbocycles. The molecule has 112 valence electrons. The van der Waals surface area contributed by atoms with Crippen LogP contribution in [0.15, 0.2) is 18.2 Å². The van der Waals surface area contributed by atoms with Gasteiger partial charge < -0.3 is 15.6 Å². The van der Waals surface area contributed by atoms with Gasteiger partial charge in [0.05, 0.1) is 11.1 Å². The van der Waals surface area contributed by atoms with Crippen LogP contribution in [0.1, 0.15) is 47.8 Å². The minimum absolute atomic E-state index is 0.423. The fraction of sp³-hybridized carbons (Fsp3) is 0.500. The van der Waals surface area contributed by atoms with E-state index >= 15 is 0 Å². The number of amides is 1. The highest BCUT2D eigenvalue weighted by Crippen LogP contribution is 2.34. The first-order chi connectivity index (χ1) is 10.1. The third-order valence-corrected chi connectivity index (χ3v) is 4.56. The van der Waals surface area contributed by atoms with Gasteiger partial charge in [-0.15, -0.1) is 0 Å². The Morgan fingerprint density at radius 1 is 1.38 bits per heavy atom. The molecule has 1 aromatic carbocycles. The molecule has 2 unspecified atom stereocenters. The van der Waals surface area contributed by atoms with Crippen molar-refractivity contribution in [3.63, 3.8) is 0 Å². The van der Waals surface area contributed by atoms with E-state index in [0.29, 0.717) is 23.0 Å². The van der Waals surface area contributed by atoms with Gasteiger partial charge in [-0.25, -0.2) is 4.98 Å². The first kappa shape index (κ1) is 14.1. The van der Waals surface area contributed by atoms with E-state index in [2.05, 4.69) is 29.0 Å². The van der Waals surface area contributed by atoms with Crippen molar-refractivity contribution < 1.29 is 4.79 Å². The van der Waals surface area contributed by atoms with Gasteiger partial charge in [-0.2, -0.15) is 0 Å². The second kappa shape index (κ2) is 5.48. The lowest BCUT2D eigenvalue weighted by Gasteiger charge is -2.32. The highest BCUT2D eigenvalue weighted by atomic mass is 16.1. The number of nitrogens with one attached hydrogen (secondary N) is 1. The van der Waals surface area contributed by atoms with Crippen molar-refractivity contribution in [1.82, 2.24) is 14.9 Å². The molecule has 5 nitrogen and oxygen atoms in total. The van der Waals surface area contributed by atoms with Crippen molar-refractivity contribution in [3.05, 3.63) is 29.6 Å². The number of primary amides is 1. The van der Waals surface area contributed by atoms with Crippen LogP contribution in [-0.2, 0) is 0 Å². The molecule has 0 bridgehead atoms. The number of carbonyl (C=O) groups excluding carboxylic acids is 1. The Hall–Kier alpha value is -1.88. The molecule has 1 heterocycles. The van der Waals surface area contributed by atoms with Crippen LogP contribution >= 0.6 is 0 Å². The number of para-hydroxylation sites is 1. The summed E-state index contributed by atoms with van der Waals surface area (Å²) in [5.41, 5.74) is 7.52. The van der Waals surface area contributed by atoms with Crippen molar-refractivity contribution in [2.75, 3.05) is 14.1 Å². The van der Waals surface area contributed by atoms with Gasteiger partial charge in [0, 0.05) is 12.0 Å². The number of hydrogen-bond acceptors (Lipinski definition) is 3. The molecule has 1 amide bonds. The number of hydrogen-bond donors (Lipinski definition) is 2. The van der Waals surface area contributed by atoms with Crippen LogP contribution in [0, 0.1) is 0 Å². The van der Waals surface area contributed by atoms with Crippen molar-refractivity contribution in [3.8, 4) is 0 Å². The van der Waals surface area contributed by atoms with Gasteiger partial charge in [-0.1, -0.05) is 12.5 Å². The molecular formula is C16H22N4O. The van der Waals surface area contributed by atoms with E-state index < -0.39 is 5.91 Å². The average Bonchev–Trinajstić information content (AvgIpc) is 2.91. The lowest BCUT2D eigenvalue weighted by molar-refractivity contribution is 0.100. The Kier molecular flexibility index (Phi) is 3.68. The number of aromatic nitrogens is 2. The van der Waals surface area contributed by atoms with E-state index in [1.54, 1.807) is 6.07 Å². The molecule has 0 radical (unpaired) electrons. The number of rotatable bonds is 3. The van der Waals surface area contributed by atoms with Gasteiger partial charge >= 0.3 is 0 Å². The summed E-state index contributed by atoms with van der Waals surface area (Å²) in [6.07, 6.45) is 4.72. The number of nitrogens with zero attached hydrogens (tertiary/aromatic N) is 2. The second-order valence-corrected chi connectivity index (χ2v) is 6.17. The minimum Gasteiger partial charge on any atom is -0.366 e. The molecule has 5 heteroatoms. The molecule has 1 aliphatic carbocycles. The summed E-state index contributed by atoms with van der Waals surface area (Å²) >= 11 is 0. The number of carbonyl (C=O) groups is 1. The van der Waals surface area contributed by atoms with E-state index in [4.69, 9.17) is 5.73 Å². The van der Waals surface area contributed by atoms with Crippen molar-refractivity contribution >= 4 is 16.9 Å². The Labute approximate surface area is 124 Å². The van der Waals surface area contributed by atoms with Crippen LogP contribution in [0.4, 0.5) is 0 Å². The summed E-state index contributed by atoms with van der Waals surface area (Å²) in [7, 11) is 4.27. The molecule has 1 aliphatic rings. The van der Waals surface area contributed by atoms with Crippen molar-refractivity contribution in [2.24, 2.45) is 5.73 Å². The summed E-state index contributed by atoms with van der Waals surface area (Å²) in [6.45, 7) is 0. The molecule has 1 aromatic heterocycles. The molecule has 2 atom stereocenters. The topological polar surface area (TPSA) is 75.0 Å². The summed E-state index contributed by atoms with van der Waals surface area (Å²) in [5.74, 6) is 0.998. The highest BCUT2D eigenvalue weighted by Gasteiger charge is 2.27. The molecular weight excluding hydrogens is 264 g/mol. The molecule has 1 fully saturated rings. The number of imidazole rings is 1. The third kappa shape index (κ3) is 2.65. The minimum atomic E-state index is -0.423. The van der Waals surface area contributed by atoms with E-state index in [1.807, 2.05) is 12.1 Å². The largest absolute Gasteiger partial charge is 0.366 e. The van der Waals surface area contributed by atoms with Crippen molar-refractivity contribution in [2.45, 2.75) is 37.6 Å². The van der Waals surface area contributed by atoms with Gasteiger partial charge in [-0.05, 0) is 45.5 Å². The number of H-pyrrole nitrogens is 1. The summed E-state index contributed by atoms with van der Waals surface area (Å²) < 4.78 is 0. The van der Waals surface area contributed by atoms with Gasteiger partial charge in [0.25, 0.3) is 5.91 Å². The van der Waals surface area contributed by atoms with Crippen LogP contribution in [0.25, 0.3) is 11.0 Å². The number of aromatic amines is 1. The third-order valence-electron chi connectivity index (χ3n) is 4.56. The number of fused-ring (bicyclic) bond motifs is 1. The first-order valence-corrected chi connectivity index (χ1v) is 7.51. The van der Waals surface area contributed by atoms with Crippen LogP contribution in [0.5, 0.6) is 0 Å². The first-order valence-electron chi connectivity index (χ1n) is 7.51. The Morgan fingerprint density at radius 2 is 2.19 bits per heavy atom. The number of benzene rings is 1. The van der Waals surface area contributed by atoms with E-state index in [1.165, 1.54) is 12.8 Å².